The Hall–Kier alpha value is -3.71. The van der Waals surface area contributed by atoms with E-state index in [1.54, 1.807) is 37.3 Å². The van der Waals surface area contributed by atoms with Crippen LogP contribution < -0.4 is 10.2 Å². The zero-order valence-electron chi connectivity index (χ0n) is 19.4. The van der Waals surface area contributed by atoms with Gasteiger partial charge in [0, 0.05) is 30.1 Å². The Kier molecular flexibility index (Phi) is 6.93. The van der Waals surface area contributed by atoms with E-state index in [9.17, 15) is 14.7 Å². The number of carboxylic acids is 1. The molecule has 0 spiro atoms. The summed E-state index contributed by atoms with van der Waals surface area (Å²) >= 11 is 1.59. The topological polar surface area (TPSA) is 82.5 Å². The van der Waals surface area contributed by atoms with E-state index in [1.807, 2.05) is 31.3 Å². The highest BCUT2D eigenvalue weighted by molar-refractivity contribution is 7.14. The van der Waals surface area contributed by atoms with E-state index >= 15 is 0 Å². The van der Waals surface area contributed by atoms with Gasteiger partial charge in [0.25, 0.3) is 5.91 Å². The third-order valence-corrected chi connectivity index (χ3v) is 6.67. The Labute approximate surface area is 202 Å². The van der Waals surface area contributed by atoms with Crippen LogP contribution in [0.25, 0.3) is 22.0 Å². The van der Waals surface area contributed by atoms with Crippen molar-refractivity contribution in [3.8, 4) is 11.3 Å². The van der Waals surface area contributed by atoms with Crippen LogP contribution in [0.2, 0.25) is 0 Å². The van der Waals surface area contributed by atoms with Crippen LogP contribution in [0.15, 0.2) is 72.1 Å². The molecule has 34 heavy (non-hydrogen) atoms. The highest BCUT2D eigenvalue weighted by Gasteiger charge is 2.23. The number of carbonyl (C=O) groups is 2. The fraction of sp³-hybridized carbons (Fsp3) is 0.222. The lowest BCUT2D eigenvalue weighted by atomic mass is 10.0. The molecule has 0 aliphatic heterocycles. The van der Waals surface area contributed by atoms with E-state index in [2.05, 4.69) is 45.9 Å². The van der Waals surface area contributed by atoms with Crippen molar-refractivity contribution in [2.24, 2.45) is 5.92 Å². The molecule has 7 heteroatoms. The molecule has 1 amide bonds. The van der Waals surface area contributed by atoms with Crippen LogP contribution in [0.1, 0.15) is 29.8 Å². The normalized spacial score (nSPS) is 12.0. The SMILES string of the molecule is CC(C)C(NC(=O)c1ccc(CN(C)c2nc(-c3ccc4ccccc4c3)cs2)cc1)C(=O)O. The Bertz CT molecular complexity index is 1310. The van der Waals surface area contributed by atoms with Crippen LogP contribution in [0.4, 0.5) is 5.13 Å². The summed E-state index contributed by atoms with van der Waals surface area (Å²) < 4.78 is 0. The fourth-order valence-corrected chi connectivity index (χ4v) is 4.56. The van der Waals surface area contributed by atoms with Gasteiger partial charge in [0.1, 0.15) is 6.04 Å². The molecule has 0 aliphatic rings. The number of benzene rings is 3. The van der Waals surface area contributed by atoms with Gasteiger partial charge in [-0.05, 0) is 40.5 Å². The minimum absolute atomic E-state index is 0.202. The van der Waals surface area contributed by atoms with Crippen LogP contribution in [-0.4, -0.2) is 35.1 Å². The third kappa shape index (κ3) is 5.26. The number of carboxylic acid groups (broad SMARTS) is 1. The van der Waals surface area contributed by atoms with Gasteiger partial charge in [-0.25, -0.2) is 9.78 Å². The molecule has 1 aromatic heterocycles. The quantitative estimate of drug-likeness (QED) is 0.356. The zero-order chi connectivity index (χ0) is 24.2. The minimum atomic E-state index is -1.03. The number of hydrogen-bond donors (Lipinski definition) is 2. The van der Waals surface area contributed by atoms with Gasteiger partial charge in [-0.1, -0.05) is 62.4 Å². The molecule has 0 bridgehead atoms. The van der Waals surface area contributed by atoms with Gasteiger partial charge < -0.3 is 15.3 Å². The number of nitrogens with one attached hydrogen (secondary N) is 1. The van der Waals surface area contributed by atoms with Crippen molar-refractivity contribution in [1.82, 2.24) is 10.3 Å². The van der Waals surface area contributed by atoms with E-state index in [0.29, 0.717) is 12.1 Å². The lowest BCUT2D eigenvalue weighted by Crippen LogP contribution is -2.44. The number of rotatable bonds is 8. The number of thiazole rings is 1. The number of amides is 1. The second-order valence-corrected chi connectivity index (χ2v) is 9.50. The number of anilines is 1. The van der Waals surface area contributed by atoms with Gasteiger partial charge in [-0.2, -0.15) is 0 Å². The summed E-state index contributed by atoms with van der Waals surface area (Å²) in [6.45, 7) is 4.17. The van der Waals surface area contributed by atoms with Gasteiger partial charge >= 0.3 is 5.97 Å². The number of carbonyl (C=O) groups excluding carboxylic acids is 1. The Morgan fingerprint density at radius 3 is 2.41 bits per heavy atom. The first-order valence-corrected chi connectivity index (χ1v) is 12.0. The summed E-state index contributed by atoms with van der Waals surface area (Å²) in [6.07, 6.45) is 0. The first-order chi connectivity index (χ1) is 16.3. The molecule has 0 saturated heterocycles. The lowest BCUT2D eigenvalue weighted by molar-refractivity contribution is -0.140. The summed E-state index contributed by atoms with van der Waals surface area (Å²) in [4.78, 5) is 30.7. The molecule has 174 valence electrons. The number of aliphatic carboxylic acids is 1. The van der Waals surface area contributed by atoms with E-state index in [-0.39, 0.29) is 11.8 Å². The van der Waals surface area contributed by atoms with Gasteiger partial charge in [0.05, 0.1) is 5.69 Å². The predicted molar refractivity (Wildman–Crippen MR) is 137 cm³/mol. The van der Waals surface area contributed by atoms with Crippen LogP contribution in [0.5, 0.6) is 0 Å². The second-order valence-electron chi connectivity index (χ2n) is 8.66. The molecule has 4 aromatic rings. The molecule has 6 nitrogen and oxygen atoms in total. The number of fused-ring (bicyclic) bond motifs is 1. The molecule has 0 saturated carbocycles. The molecule has 0 fully saturated rings. The second kappa shape index (κ2) is 10.1. The largest absolute Gasteiger partial charge is 0.480 e. The Morgan fingerprint density at radius 2 is 1.74 bits per heavy atom. The van der Waals surface area contributed by atoms with Crippen molar-refractivity contribution >= 4 is 39.1 Å². The number of nitrogens with zero attached hydrogens (tertiary/aromatic N) is 2. The lowest BCUT2D eigenvalue weighted by Gasteiger charge is -2.18. The van der Waals surface area contributed by atoms with E-state index < -0.39 is 12.0 Å². The molecule has 0 aliphatic carbocycles. The molecular formula is C27H27N3O3S. The molecule has 4 rings (SSSR count). The van der Waals surface area contributed by atoms with E-state index in [0.717, 1.165) is 22.0 Å². The third-order valence-electron chi connectivity index (χ3n) is 5.72. The summed E-state index contributed by atoms with van der Waals surface area (Å²) in [5.74, 6) is -1.62. The highest BCUT2D eigenvalue weighted by atomic mass is 32.1. The van der Waals surface area contributed by atoms with Crippen molar-refractivity contribution in [2.45, 2.75) is 26.4 Å². The van der Waals surface area contributed by atoms with Gasteiger partial charge in [0.2, 0.25) is 0 Å². The first-order valence-electron chi connectivity index (χ1n) is 11.1. The standard InChI is InChI=1S/C27H27N3O3S/c1-17(2)24(26(32)33)29-25(31)20-10-8-18(9-11-20)15-30(3)27-28-23(16-34-27)22-13-12-19-6-4-5-7-21(19)14-22/h4-14,16-17,24H,15H2,1-3H3,(H,29,31)(H,32,33). The van der Waals surface area contributed by atoms with Crippen LogP contribution in [0, 0.1) is 5.92 Å². The van der Waals surface area contributed by atoms with E-state index in [4.69, 9.17) is 4.98 Å². The van der Waals surface area contributed by atoms with Crippen LogP contribution in [0.3, 0.4) is 0 Å². The monoisotopic (exact) mass is 473 g/mol. The molecule has 3 aromatic carbocycles. The summed E-state index contributed by atoms with van der Waals surface area (Å²) in [5, 5.41) is 17.2. The number of hydrogen-bond acceptors (Lipinski definition) is 5. The average Bonchev–Trinajstić information content (AvgIpc) is 3.33. The molecular weight excluding hydrogens is 446 g/mol. The van der Waals surface area contributed by atoms with Gasteiger partial charge in [0.15, 0.2) is 5.13 Å². The molecule has 1 atom stereocenters. The zero-order valence-corrected chi connectivity index (χ0v) is 20.2. The fourth-order valence-electron chi connectivity index (χ4n) is 3.76. The van der Waals surface area contributed by atoms with Crippen molar-refractivity contribution in [3.63, 3.8) is 0 Å². The van der Waals surface area contributed by atoms with Crippen molar-refractivity contribution < 1.29 is 14.7 Å². The van der Waals surface area contributed by atoms with Gasteiger partial charge in [-0.15, -0.1) is 11.3 Å². The van der Waals surface area contributed by atoms with E-state index in [1.165, 1.54) is 10.8 Å². The average molecular weight is 474 g/mol. The highest BCUT2D eigenvalue weighted by Crippen LogP contribution is 2.29. The molecule has 1 heterocycles. The molecule has 0 radical (unpaired) electrons. The minimum Gasteiger partial charge on any atom is -0.480 e. The van der Waals surface area contributed by atoms with Crippen LogP contribution in [-0.2, 0) is 11.3 Å². The summed E-state index contributed by atoms with van der Waals surface area (Å²) in [7, 11) is 1.99. The van der Waals surface area contributed by atoms with Crippen molar-refractivity contribution in [1.29, 1.82) is 0 Å². The molecule has 2 N–H and O–H groups in total. The molecule has 1 unspecified atom stereocenters. The summed E-state index contributed by atoms with van der Waals surface area (Å²) in [6, 6.07) is 20.9. The maximum absolute atomic E-state index is 12.4. The smallest absolute Gasteiger partial charge is 0.326 e. The van der Waals surface area contributed by atoms with Gasteiger partial charge in [-0.3, -0.25) is 4.79 Å². The van der Waals surface area contributed by atoms with Crippen molar-refractivity contribution in [3.05, 3.63) is 83.2 Å². The van der Waals surface area contributed by atoms with Crippen LogP contribution >= 0.6 is 11.3 Å². The predicted octanol–water partition coefficient (Wildman–Crippen LogP) is 5.44. The Morgan fingerprint density at radius 1 is 1.03 bits per heavy atom. The maximum Gasteiger partial charge on any atom is 0.326 e. The summed E-state index contributed by atoms with van der Waals surface area (Å²) in [5.41, 5.74) is 3.50. The first kappa shape index (κ1) is 23.4. The number of aromatic nitrogens is 1. The van der Waals surface area contributed by atoms with Crippen molar-refractivity contribution in [2.75, 3.05) is 11.9 Å². The maximum atomic E-state index is 12.4. The Balaban J connectivity index is 1.42.